The molecule has 10 N–H and O–H groups in total. The summed E-state index contributed by atoms with van der Waals surface area (Å²) in [5, 5.41) is 17.6. The van der Waals surface area contributed by atoms with Crippen LogP contribution in [0.2, 0.25) is 0 Å². The van der Waals surface area contributed by atoms with Gasteiger partial charge < -0.3 is 56.2 Å². The summed E-state index contributed by atoms with van der Waals surface area (Å²) in [4.78, 5) is 97.9. The standard InChI is InChI=1S/C24H38Cl2N6O12P2/c25-7-10-32(11-8-26)18-4-2-17(3-5-18)12-19(31-16-33)23(37)30-15-22(36)29-14-21(35)28-13-20(34)27-9-1-6-24(38,45(39,40)41)46(42,43)44/h2-5,16,19,38H,1,6-15H2,(H,27,34)(H,28,35)(H,29,36)(H,30,37)(H,31,33)(H2,39,40,41)(H2,42,43,44)/t19-/m0/s1. The van der Waals surface area contributed by atoms with Crippen molar-refractivity contribution in [2.45, 2.75) is 30.4 Å². The highest BCUT2D eigenvalue weighted by Gasteiger charge is 2.58. The number of aliphatic hydroxyl groups is 1. The molecule has 0 saturated heterocycles. The van der Waals surface area contributed by atoms with Gasteiger partial charge in [-0.3, -0.25) is 33.1 Å². The quantitative estimate of drug-likeness (QED) is 0.0264. The van der Waals surface area contributed by atoms with Crippen LogP contribution in [0.25, 0.3) is 0 Å². The maximum absolute atomic E-state index is 12.6. The minimum Gasteiger partial charge on any atom is -0.369 e. The second kappa shape index (κ2) is 19.8. The van der Waals surface area contributed by atoms with Crippen molar-refractivity contribution in [3.63, 3.8) is 0 Å². The summed E-state index contributed by atoms with van der Waals surface area (Å²) in [5.41, 5.74) is 1.61. The summed E-state index contributed by atoms with van der Waals surface area (Å²) in [5.74, 6) is -2.15. The summed E-state index contributed by atoms with van der Waals surface area (Å²) < 4.78 is 22.6. The molecule has 0 aliphatic rings. The number of carbonyl (C=O) groups is 5. The molecule has 0 heterocycles. The molecule has 46 heavy (non-hydrogen) atoms. The second-order valence-corrected chi connectivity index (χ2v) is 14.4. The van der Waals surface area contributed by atoms with E-state index in [9.17, 15) is 38.2 Å². The Morgan fingerprint density at radius 3 is 1.76 bits per heavy atom. The Balaban J connectivity index is 2.45. The Kier molecular flexibility index (Phi) is 17.7. The molecule has 0 fully saturated rings. The predicted octanol–water partition coefficient (Wildman–Crippen LogP) is -2.13. The first-order chi connectivity index (χ1) is 21.5. The van der Waals surface area contributed by atoms with Gasteiger partial charge >= 0.3 is 15.2 Å². The first-order valence-corrected chi connectivity index (χ1v) is 17.9. The van der Waals surface area contributed by atoms with Crippen LogP contribution in [0.3, 0.4) is 0 Å². The summed E-state index contributed by atoms with van der Waals surface area (Å²) in [7, 11) is -11.2. The fourth-order valence-corrected chi connectivity index (χ4v) is 6.48. The number of nitrogens with one attached hydrogen (secondary N) is 5. The Morgan fingerprint density at radius 1 is 0.826 bits per heavy atom. The fraction of sp³-hybridized carbons (Fsp3) is 0.542. The summed E-state index contributed by atoms with van der Waals surface area (Å²) >= 11 is 11.7. The van der Waals surface area contributed by atoms with Crippen LogP contribution >= 0.6 is 38.4 Å². The molecule has 0 unspecified atom stereocenters. The third-order valence-corrected chi connectivity index (χ3v) is 10.5. The van der Waals surface area contributed by atoms with Crippen molar-refractivity contribution < 1.29 is 57.8 Å². The number of carbonyl (C=O) groups excluding carboxylic acids is 5. The van der Waals surface area contributed by atoms with Crippen LogP contribution in [0.1, 0.15) is 18.4 Å². The van der Waals surface area contributed by atoms with Crippen molar-refractivity contribution in [2.24, 2.45) is 0 Å². The van der Waals surface area contributed by atoms with E-state index in [2.05, 4.69) is 26.6 Å². The van der Waals surface area contributed by atoms with Crippen LogP contribution in [-0.4, -0.2) is 117 Å². The maximum Gasteiger partial charge on any atom is 0.369 e. The molecule has 1 aromatic carbocycles. The lowest BCUT2D eigenvalue weighted by molar-refractivity contribution is -0.129. The lowest BCUT2D eigenvalue weighted by atomic mass is 10.0. The summed E-state index contributed by atoms with van der Waals surface area (Å²) in [6.07, 6.45) is -0.978. The minimum absolute atomic E-state index is 0.121. The minimum atomic E-state index is -5.62. The van der Waals surface area contributed by atoms with Gasteiger partial charge in [0.2, 0.25) is 30.0 Å². The van der Waals surface area contributed by atoms with Gasteiger partial charge in [-0.2, -0.15) is 0 Å². The molecule has 0 spiro atoms. The Bertz CT molecular complexity index is 1250. The largest absolute Gasteiger partial charge is 0.369 e. The van der Waals surface area contributed by atoms with Gasteiger partial charge in [-0.05, 0) is 24.1 Å². The van der Waals surface area contributed by atoms with E-state index in [1.165, 1.54) is 0 Å². The fourth-order valence-electron chi connectivity index (χ4n) is 3.81. The monoisotopic (exact) mass is 734 g/mol. The zero-order valence-electron chi connectivity index (χ0n) is 24.4. The van der Waals surface area contributed by atoms with Crippen molar-refractivity contribution >= 4 is 74.1 Å². The molecule has 0 aromatic heterocycles. The number of halogens is 2. The van der Waals surface area contributed by atoms with E-state index in [-0.39, 0.29) is 13.0 Å². The van der Waals surface area contributed by atoms with Gasteiger partial charge in [0.25, 0.3) is 5.08 Å². The van der Waals surface area contributed by atoms with Crippen molar-refractivity contribution in [3.05, 3.63) is 29.8 Å². The van der Waals surface area contributed by atoms with Gasteiger partial charge in [0, 0.05) is 49.9 Å². The smallest absolute Gasteiger partial charge is 0.369 e. The first kappa shape index (κ1) is 41.2. The molecule has 22 heteroatoms. The summed E-state index contributed by atoms with van der Waals surface area (Å²) in [6.45, 7) is -0.829. The Hall–Kier alpha value is -2.79. The highest BCUT2D eigenvalue weighted by atomic mass is 35.5. The number of hydrogen-bond acceptors (Lipinski definition) is 9. The van der Waals surface area contributed by atoms with E-state index >= 15 is 0 Å². The van der Waals surface area contributed by atoms with E-state index in [4.69, 9.17) is 42.8 Å². The first-order valence-electron chi connectivity index (χ1n) is 13.6. The van der Waals surface area contributed by atoms with Gasteiger partial charge in [0.05, 0.1) is 19.6 Å². The lowest BCUT2D eigenvalue weighted by Gasteiger charge is -2.29. The average molecular weight is 735 g/mol. The molecule has 1 aromatic rings. The SMILES string of the molecule is O=CN[C@@H](Cc1ccc(N(CCCl)CCCl)cc1)C(=O)NCC(=O)NCC(=O)NCC(=O)NCCCC(O)(P(=O)(O)O)P(=O)(O)O. The Morgan fingerprint density at radius 2 is 1.30 bits per heavy atom. The van der Waals surface area contributed by atoms with Crippen LogP contribution in [0, 0.1) is 0 Å². The van der Waals surface area contributed by atoms with Crippen molar-refractivity contribution in [2.75, 3.05) is 55.9 Å². The molecule has 1 rings (SSSR count). The third-order valence-electron chi connectivity index (χ3n) is 6.30. The average Bonchev–Trinajstić information content (AvgIpc) is 2.98. The van der Waals surface area contributed by atoms with Crippen LogP contribution < -0.4 is 31.5 Å². The molecule has 0 aliphatic carbocycles. The highest BCUT2D eigenvalue weighted by molar-refractivity contribution is 7.72. The van der Waals surface area contributed by atoms with E-state index < -0.39 is 82.4 Å². The normalized spacial score (nSPS) is 12.4. The molecular weight excluding hydrogens is 697 g/mol. The number of hydrogen-bond donors (Lipinski definition) is 10. The van der Waals surface area contributed by atoms with Crippen LogP contribution in [0.5, 0.6) is 0 Å². The highest BCUT2D eigenvalue weighted by Crippen LogP contribution is 2.69. The van der Waals surface area contributed by atoms with Crippen molar-refractivity contribution in [1.82, 2.24) is 26.6 Å². The number of nitrogens with zero attached hydrogens (tertiary/aromatic N) is 1. The zero-order valence-corrected chi connectivity index (χ0v) is 27.7. The molecule has 5 amide bonds. The van der Waals surface area contributed by atoms with E-state index in [1.807, 2.05) is 17.0 Å². The molecule has 0 aliphatic heterocycles. The zero-order chi connectivity index (χ0) is 35.0. The molecule has 1 atom stereocenters. The van der Waals surface area contributed by atoms with E-state index in [0.29, 0.717) is 31.3 Å². The molecule has 0 bridgehead atoms. The molecule has 0 saturated carbocycles. The number of benzene rings is 1. The maximum atomic E-state index is 12.6. The van der Waals surface area contributed by atoms with E-state index in [0.717, 1.165) is 11.3 Å². The van der Waals surface area contributed by atoms with Gasteiger partial charge in [-0.1, -0.05) is 12.1 Å². The Labute approximate surface area is 274 Å². The number of anilines is 1. The van der Waals surface area contributed by atoms with Crippen LogP contribution in [0.15, 0.2) is 24.3 Å². The lowest BCUT2D eigenvalue weighted by Crippen LogP contribution is -2.49. The predicted molar refractivity (Wildman–Crippen MR) is 167 cm³/mol. The molecule has 260 valence electrons. The van der Waals surface area contributed by atoms with Gasteiger partial charge in [0.1, 0.15) is 6.04 Å². The van der Waals surface area contributed by atoms with E-state index in [1.54, 1.807) is 12.1 Å². The number of amides is 5. The topological polar surface area (TPSA) is 284 Å². The van der Waals surface area contributed by atoms with Crippen LogP contribution in [0.4, 0.5) is 5.69 Å². The molecule has 0 radical (unpaired) electrons. The third kappa shape index (κ3) is 13.9. The van der Waals surface area contributed by atoms with Gasteiger partial charge in [-0.15, -0.1) is 23.2 Å². The van der Waals surface area contributed by atoms with Gasteiger partial charge in [-0.25, -0.2) is 0 Å². The second-order valence-electron chi connectivity index (χ2n) is 9.66. The van der Waals surface area contributed by atoms with Gasteiger partial charge in [0.15, 0.2) is 0 Å². The van der Waals surface area contributed by atoms with Crippen LogP contribution in [-0.2, 0) is 39.5 Å². The number of rotatable bonds is 22. The van der Waals surface area contributed by atoms with Crippen molar-refractivity contribution in [3.8, 4) is 0 Å². The molecular formula is C24H38Cl2N6O12P2. The molecule has 18 nitrogen and oxygen atoms in total. The summed E-state index contributed by atoms with van der Waals surface area (Å²) in [6, 6.07) is 6.22. The van der Waals surface area contributed by atoms with Crippen molar-refractivity contribution in [1.29, 1.82) is 0 Å². The number of alkyl halides is 2.